The van der Waals surface area contributed by atoms with Gasteiger partial charge in [-0.15, -0.1) is 0 Å². The molecular formula is C13H20N2O. The summed E-state index contributed by atoms with van der Waals surface area (Å²) in [5, 5.41) is 2.91. The molecule has 0 radical (unpaired) electrons. The zero-order chi connectivity index (χ0) is 12.1. The normalized spacial score (nSPS) is 12.0. The molecule has 1 aromatic carbocycles. The van der Waals surface area contributed by atoms with Gasteiger partial charge in [0, 0.05) is 19.8 Å². The van der Waals surface area contributed by atoms with Crippen LogP contribution in [-0.4, -0.2) is 25.0 Å². The monoisotopic (exact) mass is 220 g/mol. The third-order valence-corrected chi connectivity index (χ3v) is 2.75. The molecule has 3 nitrogen and oxygen atoms in total. The number of carbonyl (C=O) groups is 1. The fourth-order valence-corrected chi connectivity index (χ4v) is 1.49. The highest BCUT2D eigenvalue weighted by Crippen LogP contribution is 2.26. The Morgan fingerprint density at radius 1 is 1.38 bits per heavy atom. The summed E-state index contributed by atoms with van der Waals surface area (Å²) in [6.45, 7) is 4.32. The Bertz CT molecular complexity index is 361. The van der Waals surface area contributed by atoms with Gasteiger partial charge < -0.3 is 10.2 Å². The number of nitrogens with one attached hydrogen (secondary N) is 1. The van der Waals surface area contributed by atoms with Crippen molar-refractivity contribution < 1.29 is 4.79 Å². The first kappa shape index (κ1) is 12.6. The average molecular weight is 220 g/mol. The van der Waals surface area contributed by atoms with E-state index in [1.54, 1.807) is 14.1 Å². The van der Waals surface area contributed by atoms with E-state index >= 15 is 0 Å². The fourth-order valence-electron chi connectivity index (χ4n) is 1.49. The minimum absolute atomic E-state index is 0.0873. The number of carbonyl (C=O) groups excluding carboxylic acids is 1. The van der Waals surface area contributed by atoms with Crippen LogP contribution in [0.1, 0.15) is 31.7 Å². The van der Waals surface area contributed by atoms with E-state index in [4.69, 9.17) is 0 Å². The number of benzene rings is 1. The molecule has 3 heteroatoms. The minimum atomic E-state index is -0.0873. The van der Waals surface area contributed by atoms with Crippen LogP contribution < -0.4 is 5.32 Å². The predicted molar refractivity (Wildman–Crippen MR) is 67.9 cm³/mol. The maximum atomic E-state index is 11.6. The number of para-hydroxylation sites is 1. The third-order valence-electron chi connectivity index (χ3n) is 2.75. The molecule has 16 heavy (non-hydrogen) atoms. The van der Waals surface area contributed by atoms with Crippen LogP contribution in [0, 0.1) is 0 Å². The van der Waals surface area contributed by atoms with E-state index < -0.39 is 0 Å². The summed E-state index contributed by atoms with van der Waals surface area (Å²) in [5.74, 6) is 0.457. The summed E-state index contributed by atoms with van der Waals surface area (Å²) in [4.78, 5) is 13.1. The summed E-state index contributed by atoms with van der Waals surface area (Å²) in [6.07, 6.45) is 1.06. The van der Waals surface area contributed by atoms with Crippen LogP contribution in [0.3, 0.4) is 0 Å². The summed E-state index contributed by atoms with van der Waals surface area (Å²) in [7, 11) is 3.47. The highest BCUT2D eigenvalue weighted by Gasteiger charge is 2.11. The Kier molecular flexibility index (Phi) is 4.35. The Balaban J connectivity index is 2.91. The highest BCUT2D eigenvalue weighted by molar-refractivity contribution is 5.89. The maximum absolute atomic E-state index is 11.6. The van der Waals surface area contributed by atoms with E-state index in [9.17, 15) is 4.79 Å². The van der Waals surface area contributed by atoms with Crippen molar-refractivity contribution in [2.45, 2.75) is 26.2 Å². The summed E-state index contributed by atoms with van der Waals surface area (Å²) < 4.78 is 0. The molecule has 0 saturated heterocycles. The van der Waals surface area contributed by atoms with Crippen LogP contribution in [0.15, 0.2) is 24.3 Å². The quantitative estimate of drug-likeness (QED) is 0.833. The number of anilines is 1. The average Bonchev–Trinajstić information content (AvgIpc) is 2.28. The van der Waals surface area contributed by atoms with Gasteiger partial charge in [-0.05, 0) is 24.0 Å². The van der Waals surface area contributed by atoms with Gasteiger partial charge in [-0.2, -0.15) is 0 Å². The van der Waals surface area contributed by atoms with Crippen molar-refractivity contribution in [1.29, 1.82) is 0 Å². The van der Waals surface area contributed by atoms with Crippen molar-refractivity contribution in [2.24, 2.45) is 0 Å². The topological polar surface area (TPSA) is 32.3 Å². The first-order valence-corrected chi connectivity index (χ1v) is 5.63. The van der Waals surface area contributed by atoms with Crippen molar-refractivity contribution in [3.8, 4) is 0 Å². The van der Waals surface area contributed by atoms with E-state index in [2.05, 4.69) is 25.2 Å². The van der Waals surface area contributed by atoms with Crippen LogP contribution in [0.2, 0.25) is 0 Å². The Morgan fingerprint density at radius 3 is 2.56 bits per heavy atom. The lowest BCUT2D eigenvalue weighted by atomic mass is 9.97. The molecule has 0 spiro atoms. The zero-order valence-corrected chi connectivity index (χ0v) is 10.4. The molecule has 1 atom stereocenters. The van der Waals surface area contributed by atoms with E-state index in [1.165, 1.54) is 10.5 Å². The molecule has 2 amide bonds. The van der Waals surface area contributed by atoms with Gasteiger partial charge in [0.25, 0.3) is 0 Å². The first-order chi connectivity index (χ1) is 7.56. The van der Waals surface area contributed by atoms with E-state index in [1.807, 2.05) is 18.2 Å². The molecule has 1 unspecified atom stereocenters. The van der Waals surface area contributed by atoms with E-state index in [-0.39, 0.29) is 6.03 Å². The molecule has 1 rings (SSSR count). The molecule has 1 aromatic rings. The summed E-state index contributed by atoms with van der Waals surface area (Å²) in [6, 6.07) is 7.88. The lowest BCUT2D eigenvalue weighted by Crippen LogP contribution is -2.27. The maximum Gasteiger partial charge on any atom is 0.321 e. The van der Waals surface area contributed by atoms with Crippen LogP contribution in [0.4, 0.5) is 10.5 Å². The standard InChI is InChI=1S/C13H20N2O/c1-5-10(2)11-8-6-7-9-12(11)14-13(16)15(3)4/h6-10H,5H2,1-4H3,(H,14,16). The van der Waals surface area contributed by atoms with Gasteiger partial charge in [-0.1, -0.05) is 32.0 Å². The van der Waals surface area contributed by atoms with E-state index in [0.29, 0.717) is 5.92 Å². The molecule has 0 fully saturated rings. The van der Waals surface area contributed by atoms with Crippen LogP contribution >= 0.6 is 0 Å². The Labute approximate surface area is 97.5 Å². The van der Waals surface area contributed by atoms with Crippen molar-refractivity contribution in [2.75, 3.05) is 19.4 Å². The largest absolute Gasteiger partial charge is 0.331 e. The molecule has 0 bridgehead atoms. The van der Waals surface area contributed by atoms with Crippen LogP contribution in [0.25, 0.3) is 0 Å². The van der Waals surface area contributed by atoms with Crippen molar-refractivity contribution >= 4 is 11.7 Å². The number of amides is 2. The van der Waals surface area contributed by atoms with Gasteiger partial charge >= 0.3 is 6.03 Å². The minimum Gasteiger partial charge on any atom is -0.331 e. The first-order valence-electron chi connectivity index (χ1n) is 5.63. The number of hydrogen-bond donors (Lipinski definition) is 1. The molecule has 0 saturated carbocycles. The zero-order valence-electron chi connectivity index (χ0n) is 10.4. The Hall–Kier alpha value is -1.51. The highest BCUT2D eigenvalue weighted by atomic mass is 16.2. The van der Waals surface area contributed by atoms with E-state index in [0.717, 1.165) is 12.1 Å². The van der Waals surface area contributed by atoms with Gasteiger partial charge in [-0.3, -0.25) is 0 Å². The summed E-state index contributed by atoms with van der Waals surface area (Å²) in [5.41, 5.74) is 2.11. The van der Waals surface area contributed by atoms with Crippen molar-refractivity contribution in [1.82, 2.24) is 4.90 Å². The molecule has 0 aliphatic heterocycles. The van der Waals surface area contributed by atoms with Gasteiger partial charge in [0.05, 0.1) is 0 Å². The van der Waals surface area contributed by atoms with Crippen LogP contribution in [-0.2, 0) is 0 Å². The molecular weight excluding hydrogens is 200 g/mol. The van der Waals surface area contributed by atoms with Crippen LogP contribution in [0.5, 0.6) is 0 Å². The Morgan fingerprint density at radius 2 is 2.00 bits per heavy atom. The lowest BCUT2D eigenvalue weighted by molar-refractivity contribution is 0.230. The third kappa shape index (κ3) is 2.99. The number of nitrogens with zero attached hydrogens (tertiary/aromatic N) is 1. The molecule has 0 aliphatic carbocycles. The van der Waals surface area contributed by atoms with Gasteiger partial charge in [-0.25, -0.2) is 4.79 Å². The van der Waals surface area contributed by atoms with Crippen molar-refractivity contribution in [3.05, 3.63) is 29.8 Å². The smallest absolute Gasteiger partial charge is 0.321 e. The molecule has 88 valence electrons. The molecule has 0 heterocycles. The summed E-state index contributed by atoms with van der Waals surface area (Å²) >= 11 is 0. The number of hydrogen-bond acceptors (Lipinski definition) is 1. The number of urea groups is 1. The fraction of sp³-hybridized carbons (Fsp3) is 0.462. The lowest BCUT2D eigenvalue weighted by Gasteiger charge is -2.17. The molecule has 0 aromatic heterocycles. The molecule has 0 aliphatic rings. The second-order valence-corrected chi connectivity index (χ2v) is 4.22. The predicted octanol–water partition coefficient (Wildman–Crippen LogP) is 3.29. The number of rotatable bonds is 3. The van der Waals surface area contributed by atoms with Gasteiger partial charge in [0.2, 0.25) is 0 Å². The van der Waals surface area contributed by atoms with Gasteiger partial charge in [0.1, 0.15) is 0 Å². The molecule has 1 N–H and O–H groups in total. The second-order valence-electron chi connectivity index (χ2n) is 4.22. The SMILES string of the molecule is CCC(C)c1ccccc1NC(=O)N(C)C. The second kappa shape index (κ2) is 5.54. The van der Waals surface area contributed by atoms with Gasteiger partial charge in [0.15, 0.2) is 0 Å². The van der Waals surface area contributed by atoms with Crippen molar-refractivity contribution in [3.63, 3.8) is 0 Å².